The average molecular weight is 408 g/mol. The van der Waals surface area contributed by atoms with Gasteiger partial charge in [0.2, 0.25) is 0 Å². The van der Waals surface area contributed by atoms with Crippen molar-refractivity contribution < 1.29 is 23.8 Å². The first-order chi connectivity index (χ1) is 12.1. The summed E-state index contributed by atoms with van der Waals surface area (Å²) in [6.45, 7) is 0.0996. The zero-order chi connectivity index (χ0) is 18.1. The number of hydrogen-bond acceptors (Lipinski definition) is 5. The topological polar surface area (TPSA) is 73.9 Å². The lowest BCUT2D eigenvalue weighted by molar-refractivity contribution is -0.143. The summed E-state index contributed by atoms with van der Waals surface area (Å²) < 4.78 is 16.5. The first-order valence-corrected chi connectivity index (χ1v) is 8.34. The Hall–Kier alpha value is -2.54. The van der Waals surface area contributed by atoms with Crippen LogP contribution >= 0.6 is 15.9 Å². The van der Waals surface area contributed by atoms with Gasteiger partial charge >= 0.3 is 5.97 Å². The molecule has 2 aromatic rings. The van der Waals surface area contributed by atoms with Crippen molar-refractivity contribution in [3.8, 4) is 11.5 Å². The summed E-state index contributed by atoms with van der Waals surface area (Å²) in [5.74, 6) is 0.183. The van der Waals surface area contributed by atoms with Gasteiger partial charge in [0, 0.05) is 4.47 Å². The number of hydrogen-bond donors (Lipinski definition) is 1. The Bertz CT molecular complexity index is 718. The fraction of sp³-hybridized carbons (Fsp3) is 0.222. The van der Waals surface area contributed by atoms with Gasteiger partial charge in [0.05, 0.1) is 12.7 Å². The third kappa shape index (κ3) is 6.11. The van der Waals surface area contributed by atoms with Gasteiger partial charge in [-0.2, -0.15) is 0 Å². The van der Waals surface area contributed by atoms with Crippen LogP contribution in [0.3, 0.4) is 0 Å². The smallest absolute Gasteiger partial charge is 0.325 e. The molecule has 6 nitrogen and oxygen atoms in total. The summed E-state index contributed by atoms with van der Waals surface area (Å²) in [6.07, 6.45) is 0. The number of rotatable bonds is 8. The lowest BCUT2D eigenvalue weighted by Gasteiger charge is -2.10. The van der Waals surface area contributed by atoms with Crippen LogP contribution in [0.1, 0.15) is 10.4 Å². The van der Waals surface area contributed by atoms with E-state index in [1.165, 1.54) is 7.11 Å². The zero-order valence-corrected chi connectivity index (χ0v) is 15.2. The molecule has 0 aliphatic heterocycles. The summed E-state index contributed by atoms with van der Waals surface area (Å²) in [7, 11) is 1.48. The van der Waals surface area contributed by atoms with Crippen LogP contribution in [0.15, 0.2) is 53.0 Å². The highest BCUT2D eigenvalue weighted by Crippen LogP contribution is 2.17. The van der Waals surface area contributed by atoms with Gasteiger partial charge in [0.1, 0.15) is 31.3 Å². The molecular formula is C18H18BrNO5. The molecule has 0 atom stereocenters. The fourth-order valence-electron chi connectivity index (χ4n) is 1.98. The molecule has 0 spiro atoms. The highest BCUT2D eigenvalue weighted by Gasteiger charge is 2.13. The van der Waals surface area contributed by atoms with E-state index in [2.05, 4.69) is 21.2 Å². The van der Waals surface area contributed by atoms with Crippen LogP contribution in [-0.4, -0.2) is 38.7 Å². The standard InChI is InChI=1S/C18H18BrNO5/c1-23-16-5-3-2-4-15(16)18(22)20-12-17(21)25-11-10-24-14-8-6-13(19)7-9-14/h2-9H,10-12H2,1H3,(H,20,22). The molecule has 0 radical (unpaired) electrons. The van der Waals surface area contributed by atoms with Crippen LogP contribution < -0.4 is 14.8 Å². The SMILES string of the molecule is COc1ccccc1C(=O)NCC(=O)OCCOc1ccc(Br)cc1. The molecule has 132 valence electrons. The number of ether oxygens (including phenoxy) is 3. The van der Waals surface area contributed by atoms with Crippen LogP contribution in [0.5, 0.6) is 11.5 Å². The van der Waals surface area contributed by atoms with Crippen molar-refractivity contribution in [3.63, 3.8) is 0 Å². The molecule has 1 N–H and O–H groups in total. The summed E-state index contributed by atoms with van der Waals surface area (Å²) >= 11 is 3.33. The monoisotopic (exact) mass is 407 g/mol. The van der Waals surface area contributed by atoms with E-state index >= 15 is 0 Å². The molecule has 2 aromatic carbocycles. The van der Waals surface area contributed by atoms with E-state index in [9.17, 15) is 9.59 Å². The molecule has 0 aliphatic carbocycles. The highest BCUT2D eigenvalue weighted by molar-refractivity contribution is 9.10. The third-order valence-corrected chi connectivity index (χ3v) is 3.70. The Morgan fingerprint density at radius 3 is 2.48 bits per heavy atom. The summed E-state index contributed by atoms with van der Waals surface area (Å²) in [5, 5.41) is 2.50. The largest absolute Gasteiger partial charge is 0.496 e. The van der Waals surface area contributed by atoms with E-state index < -0.39 is 11.9 Å². The maximum absolute atomic E-state index is 12.0. The molecule has 0 saturated carbocycles. The maximum atomic E-state index is 12.0. The highest BCUT2D eigenvalue weighted by atomic mass is 79.9. The molecular weight excluding hydrogens is 390 g/mol. The quantitative estimate of drug-likeness (QED) is 0.537. The fourth-order valence-corrected chi connectivity index (χ4v) is 2.24. The molecule has 0 heterocycles. The first kappa shape index (κ1) is 18.8. The summed E-state index contributed by atoms with van der Waals surface area (Å²) in [6, 6.07) is 14.1. The second-order valence-corrected chi connectivity index (χ2v) is 5.82. The summed E-state index contributed by atoms with van der Waals surface area (Å²) in [4.78, 5) is 23.7. The van der Waals surface area contributed by atoms with Gasteiger partial charge in [-0.3, -0.25) is 9.59 Å². The molecule has 0 bridgehead atoms. The van der Waals surface area contributed by atoms with E-state index in [4.69, 9.17) is 14.2 Å². The molecule has 0 saturated heterocycles. The average Bonchev–Trinajstić information content (AvgIpc) is 2.64. The second-order valence-electron chi connectivity index (χ2n) is 4.91. The lowest BCUT2D eigenvalue weighted by atomic mass is 10.2. The van der Waals surface area contributed by atoms with Crippen molar-refractivity contribution in [2.24, 2.45) is 0 Å². The van der Waals surface area contributed by atoms with Crippen molar-refractivity contribution >= 4 is 27.8 Å². The van der Waals surface area contributed by atoms with Crippen LogP contribution in [0.25, 0.3) is 0 Å². The minimum Gasteiger partial charge on any atom is -0.496 e. The molecule has 0 unspecified atom stereocenters. The Kier molecular flexibility index (Phi) is 7.28. The predicted molar refractivity (Wildman–Crippen MR) is 95.9 cm³/mol. The van der Waals surface area contributed by atoms with Gasteiger partial charge in [-0.15, -0.1) is 0 Å². The molecule has 7 heteroatoms. The maximum Gasteiger partial charge on any atom is 0.325 e. The number of halogens is 1. The Balaban J connectivity index is 1.68. The van der Waals surface area contributed by atoms with Crippen molar-refractivity contribution in [2.75, 3.05) is 26.9 Å². The minimum absolute atomic E-state index is 0.0967. The van der Waals surface area contributed by atoms with Gasteiger partial charge in [0.25, 0.3) is 5.91 Å². The van der Waals surface area contributed by atoms with Crippen molar-refractivity contribution in [1.82, 2.24) is 5.32 Å². The molecule has 0 fully saturated rings. The zero-order valence-electron chi connectivity index (χ0n) is 13.7. The molecule has 2 rings (SSSR count). The lowest BCUT2D eigenvalue weighted by Crippen LogP contribution is -2.31. The molecule has 0 aromatic heterocycles. The van der Waals surface area contributed by atoms with Gasteiger partial charge < -0.3 is 19.5 Å². The number of amides is 1. The molecule has 0 aliphatic rings. The van der Waals surface area contributed by atoms with Gasteiger partial charge in [-0.25, -0.2) is 0 Å². The van der Waals surface area contributed by atoms with E-state index in [0.717, 1.165) is 4.47 Å². The number of esters is 1. The Morgan fingerprint density at radius 2 is 1.76 bits per heavy atom. The third-order valence-electron chi connectivity index (χ3n) is 3.17. The van der Waals surface area contributed by atoms with Crippen LogP contribution in [0, 0.1) is 0 Å². The molecule has 25 heavy (non-hydrogen) atoms. The number of carbonyl (C=O) groups is 2. The van der Waals surface area contributed by atoms with E-state index in [1.54, 1.807) is 36.4 Å². The van der Waals surface area contributed by atoms with E-state index in [-0.39, 0.29) is 19.8 Å². The van der Waals surface area contributed by atoms with Gasteiger partial charge in [-0.05, 0) is 36.4 Å². The van der Waals surface area contributed by atoms with Crippen LogP contribution in [0.4, 0.5) is 0 Å². The van der Waals surface area contributed by atoms with Crippen LogP contribution in [-0.2, 0) is 9.53 Å². The Labute approximate surface area is 154 Å². The van der Waals surface area contributed by atoms with E-state index in [0.29, 0.717) is 17.1 Å². The van der Waals surface area contributed by atoms with Crippen molar-refractivity contribution in [1.29, 1.82) is 0 Å². The number of benzene rings is 2. The number of methoxy groups -OCH3 is 1. The number of para-hydroxylation sites is 1. The van der Waals surface area contributed by atoms with Gasteiger partial charge in [-0.1, -0.05) is 28.1 Å². The second kappa shape index (κ2) is 9.68. The normalized spacial score (nSPS) is 10.0. The van der Waals surface area contributed by atoms with Crippen LogP contribution in [0.2, 0.25) is 0 Å². The summed E-state index contributed by atoms with van der Waals surface area (Å²) in [5.41, 5.74) is 0.358. The first-order valence-electron chi connectivity index (χ1n) is 7.55. The van der Waals surface area contributed by atoms with Crippen molar-refractivity contribution in [3.05, 3.63) is 58.6 Å². The Morgan fingerprint density at radius 1 is 1.04 bits per heavy atom. The van der Waals surface area contributed by atoms with Gasteiger partial charge in [0.15, 0.2) is 0 Å². The number of carbonyl (C=O) groups excluding carboxylic acids is 2. The molecule has 1 amide bonds. The number of nitrogens with one attached hydrogen (secondary N) is 1. The van der Waals surface area contributed by atoms with Crippen molar-refractivity contribution in [2.45, 2.75) is 0 Å². The van der Waals surface area contributed by atoms with E-state index in [1.807, 2.05) is 12.1 Å². The predicted octanol–water partition coefficient (Wildman–Crippen LogP) is 2.81. The minimum atomic E-state index is -0.539.